The van der Waals surface area contributed by atoms with E-state index in [1.807, 2.05) is 86.6 Å². The molecule has 3 rings (SSSR count). The summed E-state index contributed by atoms with van der Waals surface area (Å²) < 4.78 is 0. The Morgan fingerprint density at radius 3 is 2.06 bits per heavy atom. The summed E-state index contributed by atoms with van der Waals surface area (Å²) in [7, 11) is 0. The molecule has 166 valence electrons. The quantitative estimate of drug-likeness (QED) is 0.532. The average Bonchev–Trinajstić information content (AvgIpc) is 2.78. The number of aryl methyl sites for hydroxylation is 1. The van der Waals surface area contributed by atoms with Crippen molar-refractivity contribution in [1.29, 1.82) is 0 Å². The Bertz CT molecular complexity index is 1080. The molecule has 0 aliphatic rings. The molecule has 4 nitrogen and oxygen atoms in total. The van der Waals surface area contributed by atoms with Crippen LogP contribution in [-0.2, 0) is 12.0 Å². The molecule has 0 aliphatic heterocycles. The first-order valence-electron chi connectivity index (χ1n) is 11.1. The van der Waals surface area contributed by atoms with Gasteiger partial charge in [0, 0.05) is 29.9 Å². The van der Waals surface area contributed by atoms with Crippen LogP contribution in [0.25, 0.3) is 0 Å². The van der Waals surface area contributed by atoms with E-state index in [0.29, 0.717) is 24.2 Å². The lowest BCUT2D eigenvalue weighted by molar-refractivity contribution is 0.0948. The maximum absolute atomic E-state index is 13.0. The van der Waals surface area contributed by atoms with E-state index >= 15 is 0 Å². The fourth-order valence-corrected chi connectivity index (χ4v) is 3.57. The van der Waals surface area contributed by atoms with Crippen LogP contribution in [0.4, 0.5) is 5.69 Å². The zero-order valence-corrected chi connectivity index (χ0v) is 19.6. The molecule has 0 aliphatic carbocycles. The monoisotopic (exact) mass is 428 g/mol. The number of hydrogen-bond acceptors (Lipinski definition) is 2. The van der Waals surface area contributed by atoms with Gasteiger partial charge in [-0.25, -0.2) is 0 Å². The van der Waals surface area contributed by atoms with Gasteiger partial charge >= 0.3 is 0 Å². The number of rotatable bonds is 6. The van der Waals surface area contributed by atoms with Gasteiger partial charge in [-0.1, -0.05) is 57.2 Å². The number of anilines is 1. The van der Waals surface area contributed by atoms with Gasteiger partial charge in [-0.3, -0.25) is 9.59 Å². The fourth-order valence-electron chi connectivity index (χ4n) is 3.57. The van der Waals surface area contributed by atoms with Gasteiger partial charge in [0.2, 0.25) is 0 Å². The van der Waals surface area contributed by atoms with Crippen molar-refractivity contribution in [3.63, 3.8) is 0 Å². The van der Waals surface area contributed by atoms with Crippen molar-refractivity contribution in [1.82, 2.24) is 5.32 Å². The van der Waals surface area contributed by atoms with Crippen molar-refractivity contribution in [2.75, 3.05) is 11.4 Å². The van der Waals surface area contributed by atoms with Crippen LogP contribution in [0.5, 0.6) is 0 Å². The van der Waals surface area contributed by atoms with E-state index in [9.17, 15) is 9.59 Å². The van der Waals surface area contributed by atoms with Crippen LogP contribution >= 0.6 is 0 Å². The van der Waals surface area contributed by atoms with Crippen LogP contribution in [0.15, 0.2) is 72.8 Å². The van der Waals surface area contributed by atoms with Gasteiger partial charge in [0.05, 0.1) is 0 Å². The topological polar surface area (TPSA) is 49.4 Å². The highest BCUT2D eigenvalue weighted by Gasteiger charge is 2.17. The SMILES string of the molecule is CCN(C(=O)c1ccc(CNC(=O)c2ccc(C(C)(C)C)cc2)cc1)c1cccc(C)c1. The van der Waals surface area contributed by atoms with Gasteiger partial charge < -0.3 is 10.2 Å². The van der Waals surface area contributed by atoms with Gasteiger partial charge in [-0.15, -0.1) is 0 Å². The van der Waals surface area contributed by atoms with Gasteiger partial charge in [0.25, 0.3) is 11.8 Å². The summed E-state index contributed by atoms with van der Waals surface area (Å²) in [5, 5.41) is 2.95. The standard InChI is InChI=1S/C28H32N2O2/c1-6-30(25-9-7-8-20(2)18-25)27(32)23-12-10-21(11-13-23)19-29-26(31)22-14-16-24(17-15-22)28(3,4)5/h7-18H,6,19H2,1-5H3,(H,29,31). The van der Waals surface area contributed by atoms with E-state index in [0.717, 1.165) is 16.8 Å². The zero-order valence-electron chi connectivity index (χ0n) is 19.6. The van der Waals surface area contributed by atoms with Gasteiger partial charge in [0.1, 0.15) is 0 Å². The molecule has 4 heteroatoms. The third-order valence-corrected chi connectivity index (χ3v) is 5.54. The van der Waals surface area contributed by atoms with Crippen molar-refractivity contribution in [3.05, 3.63) is 101 Å². The lowest BCUT2D eigenvalue weighted by Gasteiger charge is -2.21. The second-order valence-corrected chi connectivity index (χ2v) is 9.10. The molecule has 3 aromatic rings. The van der Waals surface area contributed by atoms with Crippen LogP contribution < -0.4 is 10.2 Å². The molecule has 0 unspecified atom stereocenters. The minimum atomic E-state index is -0.109. The smallest absolute Gasteiger partial charge is 0.258 e. The van der Waals surface area contributed by atoms with Gasteiger partial charge in [0.15, 0.2) is 0 Å². The Morgan fingerprint density at radius 1 is 0.875 bits per heavy atom. The Morgan fingerprint density at radius 2 is 1.50 bits per heavy atom. The first-order valence-corrected chi connectivity index (χ1v) is 11.1. The number of nitrogens with one attached hydrogen (secondary N) is 1. The van der Waals surface area contributed by atoms with Gasteiger partial charge in [-0.05, 0) is 72.4 Å². The summed E-state index contributed by atoms with van der Waals surface area (Å²) in [5.74, 6) is -0.144. The highest BCUT2D eigenvalue weighted by Crippen LogP contribution is 2.22. The zero-order chi connectivity index (χ0) is 23.3. The number of amides is 2. The third-order valence-electron chi connectivity index (χ3n) is 5.54. The van der Waals surface area contributed by atoms with Gasteiger partial charge in [-0.2, -0.15) is 0 Å². The Kier molecular flexibility index (Phi) is 7.14. The maximum Gasteiger partial charge on any atom is 0.258 e. The van der Waals surface area contributed by atoms with Crippen LogP contribution in [0, 0.1) is 6.92 Å². The van der Waals surface area contributed by atoms with E-state index in [2.05, 4.69) is 26.1 Å². The largest absolute Gasteiger partial charge is 0.348 e. The fraction of sp³-hybridized carbons (Fsp3) is 0.286. The number of carbonyl (C=O) groups is 2. The third kappa shape index (κ3) is 5.64. The summed E-state index contributed by atoms with van der Waals surface area (Å²) in [6, 6.07) is 23.1. The first-order chi connectivity index (χ1) is 15.2. The summed E-state index contributed by atoms with van der Waals surface area (Å²) in [5.41, 5.74) is 5.48. The molecule has 0 aromatic heterocycles. The molecule has 2 amide bonds. The van der Waals surface area contributed by atoms with Crippen molar-refractivity contribution < 1.29 is 9.59 Å². The molecule has 0 atom stereocenters. The van der Waals surface area contributed by atoms with Crippen molar-refractivity contribution in [2.24, 2.45) is 0 Å². The molecule has 0 spiro atoms. The summed E-state index contributed by atoms with van der Waals surface area (Å²) in [4.78, 5) is 27.3. The highest BCUT2D eigenvalue weighted by atomic mass is 16.2. The molecule has 0 saturated carbocycles. The normalized spacial score (nSPS) is 11.2. The summed E-state index contributed by atoms with van der Waals surface area (Å²) in [6.07, 6.45) is 0. The minimum absolute atomic E-state index is 0.0346. The molecule has 0 bridgehead atoms. The first kappa shape index (κ1) is 23.3. The molecule has 32 heavy (non-hydrogen) atoms. The predicted molar refractivity (Wildman–Crippen MR) is 131 cm³/mol. The molecule has 0 fully saturated rings. The Hall–Kier alpha value is -3.40. The van der Waals surface area contributed by atoms with Crippen LogP contribution in [0.3, 0.4) is 0 Å². The molecule has 0 heterocycles. The molecule has 1 N–H and O–H groups in total. The highest BCUT2D eigenvalue weighted by molar-refractivity contribution is 6.06. The lowest BCUT2D eigenvalue weighted by atomic mass is 9.87. The van der Waals surface area contributed by atoms with E-state index < -0.39 is 0 Å². The minimum Gasteiger partial charge on any atom is -0.348 e. The summed E-state index contributed by atoms with van der Waals surface area (Å²) >= 11 is 0. The van der Waals surface area contributed by atoms with Crippen LogP contribution in [-0.4, -0.2) is 18.4 Å². The number of carbonyl (C=O) groups excluding carboxylic acids is 2. The predicted octanol–water partition coefficient (Wildman–Crippen LogP) is 5.89. The number of benzene rings is 3. The molecular formula is C28H32N2O2. The van der Waals surface area contributed by atoms with E-state index in [1.54, 1.807) is 4.90 Å². The summed E-state index contributed by atoms with van der Waals surface area (Å²) in [6.45, 7) is 11.4. The molecule has 3 aromatic carbocycles. The van der Waals surface area contributed by atoms with Crippen LogP contribution in [0.2, 0.25) is 0 Å². The molecule has 0 radical (unpaired) electrons. The van der Waals surface area contributed by atoms with Crippen molar-refractivity contribution in [3.8, 4) is 0 Å². The molecular weight excluding hydrogens is 396 g/mol. The lowest BCUT2D eigenvalue weighted by Crippen LogP contribution is -2.30. The van der Waals surface area contributed by atoms with E-state index in [-0.39, 0.29) is 17.2 Å². The van der Waals surface area contributed by atoms with Crippen molar-refractivity contribution >= 4 is 17.5 Å². The average molecular weight is 429 g/mol. The Balaban J connectivity index is 1.63. The van der Waals surface area contributed by atoms with E-state index in [1.165, 1.54) is 5.56 Å². The van der Waals surface area contributed by atoms with Crippen LogP contribution in [0.1, 0.15) is 65.1 Å². The second kappa shape index (κ2) is 9.82. The maximum atomic E-state index is 13.0. The van der Waals surface area contributed by atoms with Crippen molar-refractivity contribution in [2.45, 2.75) is 46.6 Å². The Labute approximate surface area is 191 Å². The van der Waals surface area contributed by atoms with E-state index in [4.69, 9.17) is 0 Å². The second-order valence-electron chi connectivity index (χ2n) is 9.10. The number of hydrogen-bond donors (Lipinski definition) is 1. The molecule has 0 saturated heterocycles. The number of nitrogens with zero attached hydrogens (tertiary/aromatic N) is 1.